The van der Waals surface area contributed by atoms with E-state index in [1.165, 1.54) is 0 Å². The maximum Gasteiger partial charge on any atom is 0.261 e. The van der Waals surface area contributed by atoms with Crippen LogP contribution < -0.4 is 14.8 Å². The van der Waals surface area contributed by atoms with E-state index in [1.54, 1.807) is 31.2 Å². The van der Waals surface area contributed by atoms with Gasteiger partial charge in [0.2, 0.25) is 5.91 Å². The Hall–Kier alpha value is -3.02. The van der Waals surface area contributed by atoms with E-state index in [-0.39, 0.29) is 18.4 Å². The lowest BCUT2D eigenvalue weighted by atomic mass is 10.1. The van der Waals surface area contributed by atoms with Crippen LogP contribution in [0, 0.1) is 6.92 Å². The molecule has 150 valence electrons. The minimum atomic E-state index is -0.570. The summed E-state index contributed by atoms with van der Waals surface area (Å²) in [5.74, 6) is 0.587. The Morgan fingerprint density at radius 3 is 2.43 bits per heavy atom. The summed E-state index contributed by atoms with van der Waals surface area (Å²) in [6.45, 7) is 4.04. The topological polar surface area (TPSA) is 67.9 Å². The molecule has 0 radical (unpaired) electrons. The highest BCUT2D eigenvalue weighted by atomic mass is 16.5. The molecule has 0 spiro atoms. The highest BCUT2D eigenvalue weighted by Gasteiger charge is 2.28. The molecule has 0 aromatic heterocycles. The van der Waals surface area contributed by atoms with Crippen molar-refractivity contribution >= 4 is 11.8 Å². The third-order valence-corrected chi connectivity index (χ3v) is 4.49. The first-order valence-corrected chi connectivity index (χ1v) is 9.32. The first-order valence-electron chi connectivity index (χ1n) is 9.32. The number of benzene rings is 2. The summed E-state index contributed by atoms with van der Waals surface area (Å²) in [4.78, 5) is 26.9. The van der Waals surface area contributed by atoms with E-state index in [4.69, 9.17) is 9.47 Å². The number of nitrogens with zero attached hydrogens (tertiary/aromatic N) is 1. The molecule has 2 aromatic rings. The predicted molar refractivity (Wildman–Crippen MR) is 108 cm³/mol. The number of carbonyl (C=O) groups is 2. The van der Waals surface area contributed by atoms with Crippen LogP contribution in [0.2, 0.25) is 0 Å². The van der Waals surface area contributed by atoms with Gasteiger partial charge in [0.15, 0.2) is 18.1 Å². The second kappa shape index (κ2) is 10.3. The number of nitrogens with one attached hydrogen (secondary N) is 1. The summed E-state index contributed by atoms with van der Waals surface area (Å²) in [7, 11) is 3.12. The number of methoxy groups -OCH3 is 1. The van der Waals surface area contributed by atoms with E-state index in [1.807, 2.05) is 50.2 Å². The lowest BCUT2D eigenvalue weighted by Crippen LogP contribution is -2.49. The van der Waals surface area contributed by atoms with Gasteiger partial charge >= 0.3 is 0 Å². The monoisotopic (exact) mass is 384 g/mol. The number of likely N-dealkylation sites (N-methyl/N-ethyl adjacent to an activating group) is 1. The molecule has 0 heterocycles. The molecule has 0 aliphatic carbocycles. The molecular formula is C22H28N2O4. The Kier molecular flexibility index (Phi) is 7.87. The van der Waals surface area contributed by atoms with Gasteiger partial charge in [-0.1, -0.05) is 48.9 Å². The maximum atomic E-state index is 13.0. The summed E-state index contributed by atoms with van der Waals surface area (Å²) in [5.41, 5.74) is 2.07. The minimum Gasteiger partial charge on any atom is -0.493 e. The fourth-order valence-electron chi connectivity index (χ4n) is 3.05. The molecular weight excluding hydrogens is 356 g/mol. The van der Waals surface area contributed by atoms with Gasteiger partial charge in [-0.2, -0.15) is 0 Å². The quantitative estimate of drug-likeness (QED) is 0.722. The van der Waals surface area contributed by atoms with Gasteiger partial charge in [0, 0.05) is 13.6 Å². The molecule has 2 aromatic carbocycles. The molecule has 0 aliphatic heterocycles. The fourth-order valence-corrected chi connectivity index (χ4v) is 3.05. The molecule has 1 N–H and O–H groups in total. The zero-order chi connectivity index (χ0) is 20.5. The molecule has 6 heteroatoms. The Labute approximate surface area is 166 Å². The lowest BCUT2D eigenvalue weighted by Gasteiger charge is -2.30. The van der Waals surface area contributed by atoms with Crippen molar-refractivity contribution in [3.8, 4) is 11.5 Å². The lowest BCUT2D eigenvalue weighted by molar-refractivity contribution is -0.142. The van der Waals surface area contributed by atoms with Gasteiger partial charge in [-0.05, 0) is 31.0 Å². The number of amides is 2. The van der Waals surface area contributed by atoms with Crippen molar-refractivity contribution in [2.75, 3.05) is 20.8 Å². The van der Waals surface area contributed by atoms with Crippen LogP contribution in [0.1, 0.15) is 24.5 Å². The van der Waals surface area contributed by atoms with Crippen LogP contribution >= 0.6 is 0 Å². The van der Waals surface area contributed by atoms with Crippen molar-refractivity contribution in [2.45, 2.75) is 32.9 Å². The largest absolute Gasteiger partial charge is 0.493 e. The average molecular weight is 384 g/mol. The summed E-state index contributed by atoms with van der Waals surface area (Å²) in [6.07, 6.45) is 0.506. The second-order valence-electron chi connectivity index (χ2n) is 6.49. The summed E-state index contributed by atoms with van der Waals surface area (Å²) < 4.78 is 10.9. The van der Waals surface area contributed by atoms with Crippen LogP contribution in [0.3, 0.4) is 0 Å². The van der Waals surface area contributed by atoms with E-state index >= 15 is 0 Å². The first-order chi connectivity index (χ1) is 13.5. The number of ether oxygens (including phenoxy) is 2. The fraction of sp³-hybridized carbons (Fsp3) is 0.364. The van der Waals surface area contributed by atoms with Crippen LogP contribution in [0.5, 0.6) is 11.5 Å². The van der Waals surface area contributed by atoms with E-state index in [0.29, 0.717) is 24.5 Å². The molecule has 0 fully saturated rings. The van der Waals surface area contributed by atoms with Crippen molar-refractivity contribution in [3.05, 3.63) is 59.7 Å². The van der Waals surface area contributed by atoms with Crippen molar-refractivity contribution in [3.63, 3.8) is 0 Å². The molecule has 0 aliphatic rings. The molecule has 2 rings (SSSR count). The predicted octanol–water partition coefficient (Wildman–Crippen LogP) is 2.94. The number of rotatable bonds is 9. The Bertz CT molecular complexity index is 807. The van der Waals surface area contributed by atoms with Crippen LogP contribution in [0.25, 0.3) is 0 Å². The molecule has 0 unspecified atom stereocenters. The zero-order valence-corrected chi connectivity index (χ0v) is 16.9. The van der Waals surface area contributed by atoms with E-state index < -0.39 is 6.04 Å². The van der Waals surface area contributed by atoms with Crippen LogP contribution in [0.15, 0.2) is 48.5 Å². The molecule has 1 atom stereocenters. The van der Waals surface area contributed by atoms with Crippen molar-refractivity contribution in [2.24, 2.45) is 0 Å². The third kappa shape index (κ3) is 5.49. The van der Waals surface area contributed by atoms with Crippen LogP contribution in [-0.2, 0) is 16.1 Å². The average Bonchev–Trinajstić information content (AvgIpc) is 2.71. The molecule has 28 heavy (non-hydrogen) atoms. The smallest absolute Gasteiger partial charge is 0.261 e. The van der Waals surface area contributed by atoms with Gasteiger partial charge in [-0.3, -0.25) is 9.59 Å². The summed E-state index contributed by atoms with van der Waals surface area (Å²) in [5, 5.41) is 2.65. The Balaban J connectivity index is 2.21. The Morgan fingerprint density at radius 1 is 1.11 bits per heavy atom. The van der Waals surface area contributed by atoms with Crippen molar-refractivity contribution < 1.29 is 19.1 Å². The second-order valence-corrected chi connectivity index (χ2v) is 6.49. The standard InChI is InChI=1S/C22H28N2O4/c1-5-18(22(26)23-3)24(14-17-10-8-9-16(2)13-17)21(25)15-28-20-12-7-6-11-19(20)27-4/h6-13,18H,5,14-15H2,1-4H3,(H,23,26)/t18-/m0/s1. The number of carbonyl (C=O) groups excluding carboxylic acids is 2. The minimum absolute atomic E-state index is 0.181. The Morgan fingerprint density at radius 2 is 1.82 bits per heavy atom. The van der Waals surface area contributed by atoms with Crippen molar-refractivity contribution in [1.82, 2.24) is 10.2 Å². The van der Waals surface area contributed by atoms with Crippen LogP contribution in [0.4, 0.5) is 0 Å². The number of para-hydroxylation sites is 2. The van der Waals surface area contributed by atoms with Gasteiger partial charge in [-0.15, -0.1) is 0 Å². The van der Waals surface area contributed by atoms with E-state index in [2.05, 4.69) is 5.32 Å². The van der Waals surface area contributed by atoms with Gasteiger partial charge in [0.1, 0.15) is 6.04 Å². The van der Waals surface area contributed by atoms with Gasteiger partial charge in [0.25, 0.3) is 5.91 Å². The van der Waals surface area contributed by atoms with Gasteiger partial charge in [0.05, 0.1) is 7.11 Å². The molecule has 6 nitrogen and oxygen atoms in total. The zero-order valence-electron chi connectivity index (χ0n) is 16.9. The number of hydrogen-bond acceptors (Lipinski definition) is 4. The summed E-state index contributed by atoms with van der Waals surface area (Å²) in [6, 6.07) is 14.5. The van der Waals surface area contributed by atoms with Crippen LogP contribution in [-0.4, -0.2) is 43.5 Å². The molecule has 0 saturated carbocycles. The number of aryl methyl sites for hydroxylation is 1. The van der Waals surface area contributed by atoms with Gasteiger partial charge in [-0.25, -0.2) is 0 Å². The van der Waals surface area contributed by atoms with Gasteiger partial charge < -0.3 is 19.7 Å². The highest BCUT2D eigenvalue weighted by molar-refractivity contribution is 5.88. The molecule has 0 saturated heterocycles. The first kappa shape index (κ1) is 21.3. The summed E-state index contributed by atoms with van der Waals surface area (Å²) >= 11 is 0. The SMILES string of the molecule is CC[C@@H](C(=O)NC)N(Cc1cccc(C)c1)C(=O)COc1ccccc1OC. The highest BCUT2D eigenvalue weighted by Crippen LogP contribution is 2.26. The van der Waals surface area contributed by atoms with E-state index in [0.717, 1.165) is 11.1 Å². The molecule has 2 amide bonds. The van der Waals surface area contributed by atoms with E-state index in [9.17, 15) is 9.59 Å². The maximum absolute atomic E-state index is 13.0. The number of hydrogen-bond donors (Lipinski definition) is 1. The third-order valence-electron chi connectivity index (χ3n) is 4.49. The van der Waals surface area contributed by atoms with Crippen molar-refractivity contribution in [1.29, 1.82) is 0 Å². The molecule has 0 bridgehead atoms. The normalized spacial score (nSPS) is 11.4.